The fraction of sp³-hybridized carbons (Fsp3) is 0.600. The molecule has 0 aliphatic carbocycles. The second-order valence-corrected chi connectivity index (χ2v) is 1.16. The highest BCUT2D eigenvalue weighted by Crippen LogP contribution is 1.78. The molecule has 0 radical (unpaired) electrons. The van der Waals surface area contributed by atoms with Gasteiger partial charge in [0, 0.05) is 0 Å². The molecule has 0 unspecified atom stereocenters. The molecule has 0 fully saturated rings. The van der Waals surface area contributed by atoms with E-state index >= 15 is 0 Å². The third-order valence-corrected chi connectivity index (χ3v) is 0.479. The van der Waals surface area contributed by atoms with E-state index in [1.807, 2.05) is 6.92 Å². The van der Waals surface area contributed by atoms with E-state index in [9.17, 15) is 0 Å². The van der Waals surface area contributed by atoms with Crippen LogP contribution in [0.4, 0.5) is 0 Å². The molecule has 0 bridgehead atoms. The van der Waals surface area contributed by atoms with Gasteiger partial charge in [-0.05, 0) is 6.42 Å². The highest BCUT2D eigenvalue weighted by molar-refractivity contribution is 4.55. The summed E-state index contributed by atoms with van der Waals surface area (Å²) in [5, 5.41) is 7.99. The molecule has 0 aromatic rings. The third-order valence-electron chi connectivity index (χ3n) is 0.479. The van der Waals surface area contributed by atoms with Crippen molar-refractivity contribution >= 4 is 0 Å². The van der Waals surface area contributed by atoms with Crippen molar-refractivity contribution in [3.63, 3.8) is 0 Å². The second kappa shape index (κ2) is 5.34. The zero-order chi connectivity index (χ0) is 5.54. The average molecular weight is 102 g/mol. The highest BCUT2D eigenvalue weighted by atomic mass is 16.5. The molecule has 2 heteroatoms. The van der Waals surface area contributed by atoms with Gasteiger partial charge in [-0.25, -0.2) is 0 Å². The highest BCUT2D eigenvalue weighted by Gasteiger charge is 1.71. The van der Waals surface area contributed by atoms with Crippen LogP contribution in [0.1, 0.15) is 13.3 Å². The number of rotatable bonds is 3. The summed E-state index contributed by atoms with van der Waals surface area (Å²) in [7, 11) is 0. The van der Waals surface area contributed by atoms with E-state index < -0.39 is 0 Å². The first-order valence-electron chi connectivity index (χ1n) is 2.32. The van der Waals surface area contributed by atoms with Gasteiger partial charge in [0.2, 0.25) is 0 Å². The lowest BCUT2D eigenvalue weighted by Gasteiger charge is -1.91. The van der Waals surface area contributed by atoms with Crippen molar-refractivity contribution < 1.29 is 9.84 Å². The van der Waals surface area contributed by atoms with Gasteiger partial charge in [-0.2, -0.15) is 0 Å². The Morgan fingerprint density at radius 1 is 1.71 bits per heavy atom. The molecule has 0 amide bonds. The Bertz CT molecular complexity index is 50.0. The Labute approximate surface area is 43.4 Å². The molecule has 0 atom stereocenters. The van der Waals surface area contributed by atoms with Crippen LogP contribution in [0.25, 0.3) is 0 Å². The molecule has 0 aromatic heterocycles. The van der Waals surface area contributed by atoms with Crippen molar-refractivity contribution in [2.75, 3.05) is 6.61 Å². The van der Waals surface area contributed by atoms with Gasteiger partial charge in [0.1, 0.15) is 12.5 Å². The van der Waals surface area contributed by atoms with Crippen LogP contribution < -0.4 is 0 Å². The maximum atomic E-state index is 7.99. The fourth-order valence-corrected chi connectivity index (χ4v) is 0.229. The summed E-state index contributed by atoms with van der Waals surface area (Å²) >= 11 is 0. The minimum absolute atomic E-state index is 0.678. The van der Waals surface area contributed by atoms with Gasteiger partial charge in [0.15, 0.2) is 0 Å². The van der Waals surface area contributed by atoms with Crippen molar-refractivity contribution in [2.45, 2.75) is 13.3 Å². The first-order valence-corrected chi connectivity index (χ1v) is 2.32. The summed E-state index contributed by atoms with van der Waals surface area (Å²) in [6.07, 6.45) is 3.13. The summed E-state index contributed by atoms with van der Waals surface area (Å²) in [4.78, 5) is 0. The van der Waals surface area contributed by atoms with Crippen LogP contribution in [0.15, 0.2) is 12.5 Å². The lowest BCUT2D eigenvalue weighted by molar-refractivity contribution is 0.239. The monoisotopic (exact) mass is 102 g/mol. The van der Waals surface area contributed by atoms with E-state index in [1.165, 1.54) is 6.26 Å². The quantitative estimate of drug-likeness (QED) is 0.431. The number of hydrogen-bond acceptors (Lipinski definition) is 2. The van der Waals surface area contributed by atoms with Crippen LogP contribution in [0, 0.1) is 0 Å². The van der Waals surface area contributed by atoms with Crippen LogP contribution in [-0.2, 0) is 4.74 Å². The van der Waals surface area contributed by atoms with Gasteiger partial charge in [-0.1, -0.05) is 6.92 Å². The molecule has 2 nitrogen and oxygen atoms in total. The summed E-state index contributed by atoms with van der Waals surface area (Å²) in [5.41, 5.74) is 0. The van der Waals surface area contributed by atoms with E-state index in [0.29, 0.717) is 6.61 Å². The fourth-order valence-electron chi connectivity index (χ4n) is 0.229. The Morgan fingerprint density at radius 3 is 2.86 bits per heavy atom. The molecule has 0 heterocycles. The number of aliphatic hydroxyl groups is 1. The van der Waals surface area contributed by atoms with Gasteiger partial charge in [0.05, 0.1) is 6.61 Å². The molecule has 0 aromatic carbocycles. The second-order valence-electron chi connectivity index (χ2n) is 1.16. The Morgan fingerprint density at radius 2 is 2.43 bits per heavy atom. The van der Waals surface area contributed by atoms with E-state index in [0.717, 1.165) is 12.7 Å². The predicted octanol–water partition coefficient (Wildman–Crippen LogP) is 1.44. The predicted molar refractivity (Wildman–Crippen MR) is 28.0 cm³/mol. The smallest absolute Gasteiger partial charge is 0.117 e. The average Bonchev–Trinajstić information content (AvgIpc) is 1.69. The topological polar surface area (TPSA) is 29.5 Å². The van der Waals surface area contributed by atoms with E-state index in [2.05, 4.69) is 0 Å². The van der Waals surface area contributed by atoms with Crippen LogP contribution in [0.5, 0.6) is 0 Å². The Hall–Kier alpha value is -0.660. The van der Waals surface area contributed by atoms with Gasteiger partial charge in [-0.3, -0.25) is 0 Å². The molecule has 42 valence electrons. The maximum absolute atomic E-state index is 7.99. The minimum Gasteiger partial charge on any atom is -0.512 e. The van der Waals surface area contributed by atoms with Crippen LogP contribution in [0.3, 0.4) is 0 Å². The minimum atomic E-state index is 0.678. The van der Waals surface area contributed by atoms with Crippen LogP contribution >= 0.6 is 0 Å². The maximum Gasteiger partial charge on any atom is 0.117 e. The van der Waals surface area contributed by atoms with Crippen LogP contribution in [0.2, 0.25) is 0 Å². The van der Waals surface area contributed by atoms with E-state index in [4.69, 9.17) is 9.84 Å². The summed E-state index contributed by atoms with van der Waals surface area (Å²) in [5.74, 6) is 0. The van der Waals surface area contributed by atoms with Crippen molar-refractivity contribution in [2.24, 2.45) is 0 Å². The molecular weight excluding hydrogens is 92.1 g/mol. The third kappa shape index (κ3) is 5.34. The molecule has 7 heavy (non-hydrogen) atoms. The van der Waals surface area contributed by atoms with Crippen molar-refractivity contribution in [1.29, 1.82) is 0 Å². The zero-order valence-electron chi connectivity index (χ0n) is 4.42. The standard InChI is InChI=1S/C5H10O2/c1-2-4-7-5-3-6/h3,5-6H,2,4H2,1H3. The molecule has 0 aliphatic heterocycles. The Kier molecular flexibility index (Phi) is 4.84. The van der Waals surface area contributed by atoms with Gasteiger partial charge < -0.3 is 9.84 Å². The van der Waals surface area contributed by atoms with E-state index in [-0.39, 0.29) is 0 Å². The van der Waals surface area contributed by atoms with Crippen molar-refractivity contribution in [1.82, 2.24) is 0 Å². The first kappa shape index (κ1) is 6.34. The SMILES string of the molecule is CCCOC=CO. The summed E-state index contributed by atoms with van der Waals surface area (Å²) < 4.78 is 4.70. The largest absolute Gasteiger partial charge is 0.512 e. The number of hydrogen-bond donors (Lipinski definition) is 1. The lowest BCUT2D eigenvalue weighted by Crippen LogP contribution is -1.80. The first-order chi connectivity index (χ1) is 3.41. The molecule has 0 spiro atoms. The zero-order valence-corrected chi connectivity index (χ0v) is 4.42. The molecule has 0 saturated heterocycles. The molecular formula is C5H10O2. The number of ether oxygens (including phenoxy) is 1. The van der Waals surface area contributed by atoms with Gasteiger partial charge in [-0.15, -0.1) is 0 Å². The molecule has 0 aliphatic rings. The molecule has 0 saturated carbocycles. The Balaban J connectivity index is 2.69. The van der Waals surface area contributed by atoms with E-state index in [1.54, 1.807) is 0 Å². The normalized spacial score (nSPS) is 9.86. The lowest BCUT2D eigenvalue weighted by atomic mass is 10.5. The van der Waals surface area contributed by atoms with Crippen molar-refractivity contribution in [3.8, 4) is 0 Å². The van der Waals surface area contributed by atoms with Crippen LogP contribution in [-0.4, -0.2) is 11.7 Å². The molecule has 1 N–H and O–H groups in total. The summed E-state index contributed by atoms with van der Waals surface area (Å²) in [6, 6.07) is 0. The summed E-state index contributed by atoms with van der Waals surface area (Å²) in [6.45, 7) is 2.68. The van der Waals surface area contributed by atoms with Crippen molar-refractivity contribution in [3.05, 3.63) is 12.5 Å². The molecule has 0 rings (SSSR count). The number of aliphatic hydroxyl groups excluding tert-OH is 1. The van der Waals surface area contributed by atoms with Gasteiger partial charge in [0.25, 0.3) is 0 Å². The van der Waals surface area contributed by atoms with Gasteiger partial charge >= 0.3 is 0 Å².